The van der Waals surface area contributed by atoms with Crippen LogP contribution in [0.4, 0.5) is 5.69 Å². The molecular formula is C16H21NO4. The Morgan fingerprint density at radius 1 is 1.33 bits per heavy atom. The number of amides is 1. The molecule has 5 heteroatoms. The van der Waals surface area contributed by atoms with Crippen LogP contribution in [0.2, 0.25) is 0 Å². The summed E-state index contributed by atoms with van der Waals surface area (Å²) in [5.74, 6) is -0.493. The van der Waals surface area contributed by atoms with Crippen LogP contribution in [-0.4, -0.2) is 31.2 Å². The molecule has 2 unspecified atom stereocenters. The summed E-state index contributed by atoms with van der Waals surface area (Å²) in [6.45, 7) is 4.89. The van der Waals surface area contributed by atoms with Crippen molar-refractivity contribution in [3.63, 3.8) is 0 Å². The highest BCUT2D eigenvalue weighted by molar-refractivity contribution is 5.94. The fourth-order valence-electron chi connectivity index (χ4n) is 2.28. The molecule has 1 aromatic carbocycles. The molecule has 5 nitrogen and oxygen atoms in total. The van der Waals surface area contributed by atoms with Crippen molar-refractivity contribution in [3.05, 3.63) is 29.8 Å². The third-order valence-electron chi connectivity index (χ3n) is 3.54. The van der Waals surface area contributed by atoms with Crippen LogP contribution in [0.25, 0.3) is 0 Å². The second-order valence-corrected chi connectivity index (χ2v) is 5.17. The molecule has 1 aliphatic rings. The van der Waals surface area contributed by atoms with Crippen LogP contribution in [-0.2, 0) is 14.3 Å². The van der Waals surface area contributed by atoms with E-state index in [9.17, 15) is 9.59 Å². The number of anilines is 1. The third kappa shape index (κ3) is 4.04. The van der Waals surface area contributed by atoms with Gasteiger partial charge in [0.1, 0.15) is 0 Å². The Labute approximate surface area is 124 Å². The minimum absolute atomic E-state index is 0.0405. The number of carbonyl (C=O) groups excluding carboxylic acids is 2. The highest BCUT2D eigenvalue weighted by atomic mass is 16.5. The molecule has 1 fully saturated rings. The molecule has 2 rings (SSSR count). The fraction of sp³-hybridized carbons (Fsp3) is 0.500. The Hall–Kier alpha value is -1.88. The quantitative estimate of drug-likeness (QED) is 0.847. The first-order valence-corrected chi connectivity index (χ1v) is 7.31. The first-order valence-electron chi connectivity index (χ1n) is 7.31. The monoisotopic (exact) mass is 291 g/mol. The number of hydrogen-bond donors (Lipinski definition) is 1. The van der Waals surface area contributed by atoms with Crippen molar-refractivity contribution in [1.29, 1.82) is 0 Å². The maximum absolute atomic E-state index is 12.1. The van der Waals surface area contributed by atoms with Crippen LogP contribution in [0.5, 0.6) is 0 Å². The minimum Gasteiger partial charge on any atom is -0.462 e. The number of carbonyl (C=O) groups is 2. The summed E-state index contributed by atoms with van der Waals surface area (Å²) in [7, 11) is 0. The lowest BCUT2D eigenvalue weighted by Gasteiger charge is -2.14. The molecule has 1 aliphatic heterocycles. The minimum atomic E-state index is -0.340. The van der Waals surface area contributed by atoms with Gasteiger partial charge in [0.25, 0.3) is 0 Å². The van der Waals surface area contributed by atoms with Gasteiger partial charge in [-0.2, -0.15) is 0 Å². The van der Waals surface area contributed by atoms with Gasteiger partial charge in [0, 0.05) is 12.3 Å². The summed E-state index contributed by atoms with van der Waals surface area (Å²) in [5.41, 5.74) is 1.16. The van der Waals surface area contributed by atoms with Crippen LogP contribution < -0.4 is 5.32 Å². The van der Waals surface area contributed by atoms with Gasteiger partial charge >= 0.3 is 5.97 Å². The molecule has 1 amide bonds. The van der Waals surface area contributed by atoms with E-state index in [0.29, 0.717) is 24.5 Å². The van der Waals surface area contributed by atoms with E-state index in [0.717, 1.165) is 12.8 Å². The average molecular weight is 291 g/mol. The first kappa shape index (κ1) is 15.5. The van der Waals surface area contributed by atoms with Gasteiger partial charge in [-0.3, -0.25) is 4.79 Å². The van der Waals surface area contributed by atoms with E-state index in [2.05, 4.69) is 5.32 Å². The van der Waals surface area contributed by atoms with E-state index in [-0.39, 0.29) is 23.9 Å². The lowest BCUT2D eigenvalue weighted by molar-refractivity contribution is -0.121. The Morgan fingerprint density at radius 2 is 2.05 bits per heavy atom. The van der Waals surface area contributed by atoms with Crippen molar-refractivity contribution in [2.75, 3.05) is 18.5 Å². The Balaban J connectivity index is 1.93. The van der Waals surface area contributed by atoms with Gasteiger partial charge in [-0.25, -0.2) is 4.79 Å². The molecule has 1 heterocycles. The zero-order valence-electron chi connectivity index (χ0n) is 12.4. The maximum Gasteiger partial charge on any atom is 0.338 e. The number of nitrogens with one attached hydrogen (secondary N) is 1. The lowest BCUT2D eigenvalue weighted by atomic mass is 10.0. The summed E-state index contributed by atoms with van der Waals surface area (Å²) >= 11 is 0. The first-order chi connectivity index (χ1) is 10.1. The molecule has 0 saturated carbocycles. The Bertz CT molecular complexity index is 498. The third-order valence-corrected chi connectivity index (χ3v) is 3.54. The number of hydrogen-bond acceptors (Lipinski definition) is 4. The van der Waals surface area contributed by atoms with Crippen molar-refractivity contribution < 1.29 is 19.1 Å². The van der Waals surface area contributed by atoms with Crippen LogP contribution in [0, 0.1) is 5.92 Å². The van der Waals surface area contributed by atoms with Crippen LogP contribution in [0.1, 0.15) is 37.0 Å². The second kappa shape index (κ2) is 7.22. The van der Waals surface area contributed by atoms with Gasteiger partial charge in [0.2, 0.25) is 5.91 Å². The predicted molar refractivity (Wildman–Crippen MR) is 79.2 cm³/mol. The van der Waals surface area contributed by atoms with Crippen LogP contribution in [0.15, 0.2) is 24.3 Å². The molecule has 1 aromatic rings. The number of rotatable bonds is 5. The van der Waals surface area contributed by atoms with E-state index in [4.69, 9.17) is 9.47 Å². The van der Waals surface area contributed by atoms with Crippen molar-refractivity contribution in [2.24, 2.45) is 5.92 Å². The van der Waals surface area contributed by atoms with E-state index in [1.165, 1.54) is 0 Å². The fourth-order valence-corrected chi connectivity index (χ4v) is 2.28. The normalized spacial score (nSPS) is 21.0. The zero-order valence-corrected chi connectivity index (χ0v) is 12.4. The predicted octanol–water partition coefficient (Wildman–Crippen LogP) is 2.62. The van der Waals surface area contributed by atoms with Crippen molar-refractivity contribution in [1.82, 2.24) is 0 Å². The summed E-state index contributed by atoms with van der Waals surface area (Å²) in [4.78, 5) is 23.8. The van der Waals surface area contributed by atoms with Gasteiger partial charge in [-0.1, -0.05) is 6.92 Å². The summed E-state index contributed by atoms with van der Waals surface area (Å²) in [5, 5.41) is 2.85. The molecule has 1 N–H and O–H groups in total. The van der Waals surface area contributed by atoms with E-state index >= 15 is 0 Å². The van der Waals surface area contributed by atoms with E-state index < -0.39 is 0 Å². The molecule has 0 bridgehead atoms. The Morgan fingerprint density at radius 3 is 2.62 bits per heavy atom. The summed E-state index contributed by atoms with van der Waals surface area (Å²) in [6.07, 6.45) is 1.49. The lowest BCUT2D eigenvalue weighted by Crippen LogP contribution is -2.27. The SMILES string of the molecule is CCCOC(=O)c1ccc(NC(=O)C2CCOC2C)cc1. The smallest absolute Gasteiger partial charge is 0.338 e. The molecule has 0 spiro atoms. The molecule has 0 aromatic heterocycles. The van der Waals surface area contributed by atoms with Crippen molar-refractivity contribution >= 4 is 17.6 Å². The number of esters is 1. The van der Waals surface area contributed by atoms with E-state index in [1.807, 2.05) is 13.8 Å². The highest BCUT2D eigenvalue weighted by Gasteiger charge is 2.30. The topological polar surface area (TPSA) is 64.6 Å². The standard InChI is InChI=1S/C16H21NO4/c1-3-9-21-16(19)12-4-6-13(7-5-12)17-15(18)14-8-10-20-11(14)2/h4-7,11,14H,3,8-10H2,1-2H3,(H,17,18). The van der Waals surface area contributed by atoms with Gasteiger partial charge < -0.3 is 14.8 Å². The molecule has 1 saturated heterocycles. The molecular weight excluding hydrogens is 270 g/mol. The number of benzene rings is 1. The summed E-state index contributed by atoms with van der Waals surface area (Å²) in [6, 6.07) is 6.73. The van der Waals surface area contributed by atoms with Crippen molar-refractivity contribution in [3.8, 4) is 0 Å². The summed E-state index contributed by atoms with van der Waals surface area (Å²) < 4.78 is 10.4. The molecule has 114 valence electrons. The van der Waals surface area contributed by atoms with Crippen LogP contribution >= 0.6 is 0 Å². The average Bonchev–Trinajstić information content (AvgIpc) is 2.91. The largest absolute Gasteiger partial charge is 0.462 e. The number of ether oxygens (including phenoxy) is 2. The Kier molecular flexibility index (Phi) is 5.33. The van der Waals surface area contributed by atoms with Gasteiger partial charge in [0.05, 0.1) is 24.2 Å². The van der Waals surface area contributed by atoms with Gasteiger partial charge in [-0.15, -0.1) is 0 Å². The molecule has 0 aliphatic carbocycles. The highest BCUT2D eigenvalue weighted by Crippen LogP contribution is 2.22. The van der Waals surface area contributed by atoms with Crippen LogP contribution in [0.3, 0.4) is 0 Å². The van der Waals surface area contributed by atoms with E-state index in [1.54, 1.807) is 24.3 Å². The second-order valence-electron chi connectivity index (χ2n) is 5.17. The van der Waals surface area contributed by atoms with Crippen molar-refractivity contribution in [2.45, 2.75) is 32.8 Å². The zero-order chi connectivity index (χ0) is 15.2. The van der Waals surface area contributed by atoms with Gasteiger partial charge in [-0.05, 0) is 44.0 Å². The molecule has 21 heavy (non-hydrogen) atoms. The van der Waals surface area contributed by atoms with Gasteiger partial charge in [0.15, 0.2) is 0 Å². The maximum atomic E-state index is 12.1. The molecule has 0 radical (unpaired) electrons. The molecule has 2 atom stereocenters.